The van der Waals surface area contributed by atoms with Gasteiger partial charge in [-0.1, -0.05) is 42.3 Å². The zero-order chi connectivity index (χ0) is 18.2. The monoisotopic (exact) mass is 381 g/mol. The van der Waals surface area contributed by atoms with E-state index in [1.165, 1.54) is 0 Å². The summed E-state index contributed by atoms with van der Waals surface area (Å²) in [6, 6.07) is 11.9. The van der Waals surface area contributed by atoms with Gasteiger partial charge < -0.3 is 14.8 Å². The van der Waals surface area contributed by atoms with Crippen molar-refractivity contribution in [3.63, 3.8) is 0 Å². The van der Waals surface area contributed by atoms with Gasteiger partial charge in [0.2, 0.25) is 0 Å². The Hall–Kier alpha value is -1.42. The Balaban J connectivity index is 2.15. The van der Waals surface area contributed by atoms with Crippen molar-refractivity contribution in [1.29, 1.82) is 0 Å². The van der Waals surface area contributed by atoms with Crippen LogP contribution in [0, 0.1) is 0 Å². The van der Waals surface area contributed by atoms with E-state index in [-0.39, 0.29) is 0 Å². The molecule has 0 spiro atoms. The van der Waals surface area contributed by atoms with Gasteiger partial charge in [0.1, 0.15) is 6.61 Å². The van der Waals surface area contributed by atoms with Crippen LogP contribution < -0.4 is 14.8 Å². The van der Waals surface area contributed by atoms with Crippen LogP contribution in [0.3, 0.4) is 0 Å². The summed E-state index contributed by atoms with van der Waals surface area (Å²) in [5, 5.41) is 4.69. The van der Waals surface area contributed by atoms with Crippen molar-refractivity contribution in [1.82, 2.24) is 5.32 Å². The van der Waals surface area contributed by atoms with Gasteiger partial charge in [-0.15, -0.1) is 0 Å². The maximum atomic E-state index is 6.46. The minimum absolute atomic E-state index is 0.380. The Labute approximate surface area is 160 Å². The third-order valence-corrected chi connectivity index (χ3v) is 4.42. The Morgan fingerprint density at radius 1 is 1.04 bits per heavy atom. The maximum absolute atomic E-state index is 6.46. The van der Waals surface area contributed by atoms with Crippen LogP contribution in [0.5, 0.6) is 11.5 Å². The molecule has 0 saturated carbocycles. The molecule has 0 fully saturated rings. The molecular weight excluding hydrogens is 357 g/mol. The molecule has 0 saturated heterocycles. The second-order valence-corrected chi connectivity index (χ2v) is 6.79. The van der Waals surface area contributed by atoms with Crippen molar-refractivity contribution in [3.05, 3.63) is 57.6 Å². The van der Waals surface area contributed by atoms with Gasteiger partial charge in [-0.05, 0) is 55.7 Å². The molecule has 0 aliphatic heterocycles. The minimum atomic E-state index is 0.380. The number of halogens is 2. The molecule has 0 aliphatic carbocycles. The van der Waals surface area contributed by atoms with Gasteiger partial charge in [-0.25, -0.2) is 0 Å². The molecule has 3 nitrogen and oxygen atoms in total. The highest BCUT2D eigenvalue weighted by atomic mass is 35.5. The third kappa shape index (κ3) is 6.10. The molecule has 0 bridgehead atoms. The van der Waals surface area contributed by atoms with Crippen LogP contribution in [0.25, 0.3) is 0 Å². The van der Waals surface area contributed by atoms with E-state index in [0.29, 0.717) is 40.8 Å². The highest BCUT2D eigenvalue weighted by Gasteiger charge is 2.13. The first-order chi connectivity index (χ1) is 12.0. The molecule has 0 aromatic heterocycles. The summed E-state index contributed by atoms with van der Waals surface area (Å²) in [5.41, 5.74) is 2.05. The molecule has 2 aromatic rings. The lowest BCUT2D eigenvalue weighted by molar-refractivity contribution is 0.269. The number of nitrogens with one attached hydrogen (secondary N) is 1. The number of hydrogen-bond acceptors (Lipinski definition) is 3. The fraction of sp³-hybridized carbons (Fsp3) is 0.400. The first-order valence-corrected chi connectivity index (χ1v) is 9.34. The number of ether oxygens (including phenoxy) is 2. The van der Waals surface area contributed by atoms with Crippen LogP contribution >= 0.6 is 23.2 Å². The Kier molecular flexibility index (Phi) is 7.89. The molecule has 0 heterocycles. The lowest BCUT2D eigenvalue weighted by atomic mass is 10.1. The molecule has 0 aliphatic rings. The standard InChI is InChI=1S/C20H25Cl2NO2/c1-4-14(3)23-12-16-10-18(22)20(19(11-16)24-5-2)25-13-15-7-6-8-17(21)9-15/h6-11,14,23H,4-5,12-13H2,1-3H3/t14-/m0/s1. The summed E-state index contributed by atoms with van der Waals surface area (Å²) in [7, 11) is 0. The van der Waals surface area contributed by atoms with E-state index in [0.717, 1.165) is 24.1 Å². The summed E-state index contributed by atoms with van der Waals surface area (Å²) < 4.78 is 11.7. The second kappa shape index (κ2) is 9.91. The van der Waals surface area contributed by atoms with Crippen LogP contribution in [-0.2, 0) is 13.2 Å². The summed E-state index contributed by atoms with van der Waals surface area (Å²) in [4.78, 5) is 0. The molecule has 5 heteroatoms. The summed E-state index contributed by atoms with van der Waals surface area (Å²) in [6.07, 6.45) is 1.08. The van der Waals surface area contributed by atoms with E-state index in [1.54, 1.807) is 0 Å². The van der Waals surface area contributed by atoms with Gasteiger partial charge in [0.05, 0.1) is 11.6 Å². The highest BCUT2D eigenvalue weighted by Crippen LogP contribution is 2.37. The minimum Gasteiger partial charge on any atom is -0.490 e. The van der Waals surface area contributed by atoms with Crippen molar-refractivity contribution in [2.75, 3.05) is 6.61 Å². The van der Waals surface area contributed by atoms with Crippen molar-refractivity contribution in [3.8, 4) is 11.5 Å². The molecule has 1 N–H and O–H groups in total. The smallest absolute Gasteiger partial charge is 0.180 e. The van der Waals surface area contributed by atoms with Crippen molar-refractivity contribution in [2.45, 2.75) is 46.4 Å². The predicted molar refractivity (Wildman–Crippen MR) is 105 cm³/mol. The maximum Gasteiger partial charge on any atom is 0.180 e. The van der Waals surface area contributed by atoms with E-state index in [9.17, 15) is 0 Å². The first kappa shape index (κ1) is 19.9. The van der Waals surface area contributed by atoms with Gasteiger partial charge in [-0.2, -0.15) is 0 Å². The van der Waals surface area contributed by atoms with E-state index >= 15 is 0 Å². The average Bonchev–Trinajstić information content (AvgIpc) is 2.59. The van der Waals surface area contributed by atoms with Gasteiger partial charge in [0.25, 0.3) is 0 Å². The molecule has 2 aromatic carbocycles. The van der Waals surface area contributed by atoms with Gasteiger partial charge >= 0.3 is 0 Å². The zero-order valence-electron chi connectivity index (χ0n) is 14.9. The van der Waals surface area contributed by atoms with E-state index in [2.05, 4.69) is 19.2 Å². The average molecular weight is 382 g/mol. The molecule has 0 unspecified atom stereocenters. The quantitative estimate of drug-likeness (QED) is 0.589. The molecule has 136 valence electrons. The number of hydrogen-bond donors (Lipinski definition) is 1. The van der Waals surface area contributed by atoms with Crippen LogP contribution in [0.4, 0.5) is 0 Å². The van der Waals surface area contributed by atoms with Crippen molar-refractivity contribution >= 4 is 23.2 Å². The van der Waals surface area contributed by atoms with Crippen LogP contribution in [0.1, 0.15) is 38.3 Å². The first-order valence-electron chi connectivity index (χ1n) is 8.59. The van der Waals surface area contributed by atoms with Crippen molar-refractivity contribution < 1.29 is 9.47 Å². The SMILES string of the molecule is CCOc1cc(CN[C@@H](C)CC)cc(Cl)c1OCc1cccc(Cl)c1. The topological polar surface area (TPSA) is 30.5 Å². The highest BCUT2D eigenvalue weighted by molar-refractivity contribution is 6.32. The molecule has 0 amide bonds. The fourth-order valence-electron chi connectivity index (χ4n) is 2.35. The van der Waals surface area contributed by atoms with Crippen molar-refractivity contribution in [2.24, 2.45) is 0 Å². The molecule has 1 atom stereocenters. The van der Waals surface area contributed by atoms with E-state index in [4.69, 9.17) is 32.7 Å². The van der Waals surface area contributed by atoms with E-state index in [1.807, 2.05) is 43.3 Å². The lowest BCUT2D eigenvalue weighted by Gasteiger charge is -2.17. The van der Waals surface area contributed by atoms with Crippen LogP contribution in [-0.4, -0.2) is 12.6 Å². The Bertz CT molecular complexity index is 691. The fourth-order valence-corrected chi connectivity index (χ4v) is 2.85. The second-order valence-electron chi connectivity index (χ2n) is 5.95. The normalized spacial score (nSPS) is 12.0. The summed E-state index contributed by atoms with van der Waals surface area (Å²) >= 11 is 12.5. The molecule has 0 radical (unpaired) electrons. The number of rotatable bonds is 9. The van der Waals surface area contributed by atoms with Crippen LogP contribution in [0.2, 0.25) is 10.0 Å². The zero-order valence-corrected chi connectivity index (χ0v) is 16.5. The predicted octanol–water partition coefficient (Wildman–Crippen LogP) is 5.86. The summed E-state index contributed by atoms with van der Waals surface area (Å²) in [6.45, 7) is 7.93. The Morgan fingerprint density at radius 3 is 2.52 bits per heavy atom. The largest absolute Gasteiger partial charge is 0.490 e. The van der Waals surface area contributed by atoms with Crippen LogP contribution in [0.15, 0.2) is 36.4 Å². The third-order valence-electron chi connectivity index (χ3n) is 3.91. The number of benzene rings is 2. The molecule has 2 rings (SSSR count). The van der Waals surface area contributed by atoms with Gasteiger partial charge in [0, 0.05) is 17.6 Å². The Morgan fingerprint density at radius 2 is 1.84 bits per heavy atom. The van der Waals surface area contributed by atoms with Gasteiger partial charge in [0.15, 0.2) is 11.5 Å². The molecule has 25 heavy (non-hydrogen) atoms. The lowest BCUT2D eigenvalue weighted by Crippen LogP contribution is -2.24. The summed E-state index contributed by atoms with van der Waals surface area (Å²) in [5.74, 6) is 1.23. The van der Waals surface area contributed by atoms with E-state index < -0.39 is 0 Å². The molecular formula is C20H25Cl2NO2. The van der Waals surface area contributed by atoms with Gasteiger partial charge in [-0.3, -0.25) is 0 Å².